The Hall–Kier alpha value is -1.60. The van der Waals surface area contributed by atoms with E-state index in [0.717, 1.165) is 22.9 Å². The fourth-order valence-electron chi connectivity index (χ4n) is 2.13. The maximum atomic E-state index is 9.69. The molecule has 2 aromatic rings. The molecule has 1 heterocycles. The Balaban J connectivity index is 1.94. The molecule has 6 heteroatoms. The van der Waals surface area contributed by atoms with Gasteiger partial charge in [0.1, 0.15) is 18.5 Å². The summed E-state index contributed by atoms with van der Waals surface area (Å²) in [6.07, 6.45) is 2.04. The second-order valence-corrected chi connectivity index (χ2v) is 4.82. The Bertz CT molecular complexity index is 556. The van der Waals surface area contributed by atoms with E-state index in [1.165, 1.54) is 0 Å². The van der Waals surface area contributed by atoms with Crippen LogP contribution < -0.4 is 10.5 Å². The molecule has 0 saturated carbocycles. The minimum Gasteiger partial charge on any atom is -0.491 e. The number of aliphatic hydroxyl groups excluding tert-OH is 2. The number of fused-ring (bicyclic) bond motifs is 1. The molecule has 0 radical (unpaired) electrons. The molecule has 6 nitrogen and oxygen atoms in total. The van der Waals surface area contributed by atoms with Gasteiger partial charge in [-0.15, -0.1) is 0 Å². The Morgan fingerprint density at radius 3 is 2.90 bits per heavy atom. The lowest BCUT2D eigenvalue weighted by molar-refractivity contribution is 0.00136. The summed E-state index contributed by atoms with van der Waals surface area (Å²) in [6, 6.07) is 5.74. The van der Waals surface area contributed by atoms with Gasteiger partial charge in [-0.2, -0.15) is 0 Å². The van der Waals surface area contributed by atoms with Gasteiger partial charge in [-0.1, -0.05) is 0 Å². The van der Waals surface area contributed by atoms with Crippen molar-refractivity contribution in [1.82, 2.24) is 4.98 Å². The van der Waals surface area contributed by atoms with Crippen molar-refractivity contribution in [3.8, 4) is 5.75 Å². The predicted octanol–water partition coefficient (Wildman–Crippen LogP) is 0.418. The molecule has 0 saturated heterocycles. The van der Waals surface area contributed by atoms with Crippen molar-refractivity contribution in [2.24, 2.45) is 5.73 Å². The number of aromatic amines is 1. The first-order chi connectivity index (χ1) is 10.2. The SMILES string of the molecule is NCCc1c[nH]c2ccc(OC[C@H](O)COCCO)cc12. The van der Waals surface area contributed by atoms with Crippen molar-refractivity contribution in [2.75, 3.05) is 33.0 Å². The minimum atomic E-state index is -0.720. The number of rotatable bonds is 9. The largest absolute Gasteiger partial charge is 0.491 e. The molecule has 0 fully saturated rings. The van der Waals surface area contributed by atoms with Crippen molar-refractivity contribution in [2.45, 2.75) is 12.5 Å². The zero-order valence-corrected chi connectivity index (χ0v) is 11.9. The van der Waals surface area contributed by atoms with E-state index in [-0.39, 0.29) is 26.4 Å². The molecule has 0 unspecified atom stereocenters. The minimum absolute atomic E-state index is 0.0539. The highest BCUT2D eigenvalue weighted by Crippen LogP contribution is 2.24. The second-order valence-electron chi connectivity index (χ2n) is 4.82. The smallest absolute Gasteiger partial charge is 0.120 e. The van der Waals surface area contributed by atoms with Crippen LogP contribution in [0.4, 0.5) is 0 Å². The van der Waals surface area contributed by atoms with E-state index in [2.05, 4.69) is 4.98 Å². The van der Waals surface area contributed by atoms with Crippen molar-refractivity contribution < 1.29 is 19.7 Å². The van der Waals surface area contributed by atoms with Crippen LogP contribution in [0.25, 0.3) is 10.9 Å². The summed E-state index contributed by atoms with van der Waals surface area (Å²) in [5.74, 6) is 0.696. The average molecular weight is 294 g/mol. The molecule has 0 bridgehead atoms. The molecule has 5 N–H and O–H groups in total. The molecular formula is C15H22N2O4. The van der Waals surface area contributed by atoms with Gasteiger partial charge in [-0.3, -0.25) is 0 Å². The quantitative estimate of drug-likeness (QED) is 0.502. The number of hydrogen-bond acceptors (Lipinski definition) is 5. The molecule has 116 valence electrons. The number of aromatic nitrogens is 1. The van der Waals surface area contributed by atoms with E-state index >= 15 is 0 Å². The molecule has 1 aromatic heterocycles. The predicted molar refractivity (Wildman–Crippen MR) is 80.5 cm³/mol. The molecule has 1 atom stereocenters. The standard InChI is InChI=1S/C15H22N2O4/c16-4-3-11-8-17-15-2-1-13(7-14(11)15)21-10-12(19)9-20-6-5-18/h1-2,7-8,12,17-19H,3-6,9-10,16H2/t12-/m1/s1. The van der Waals surface area contributed by atoms with Gasteiger partial charge < -0.3 is 30.4 Å². The molecule has 0 aliphatic rings. The molecule has 0 aliphatic carbocycles. The van der Waals surface area contributed by atoms with Crippen molar-refractivity contribution in [1.29, 1.82) is 0 Å². The first kappa shape index (κ1) is 15.8. The summed E-state index contributed by atoms with van der Waals surface area (Å²) < 4.78 is 10.6. The summed E-state index contributed by atoms with van der Waals surface area (Å²) in [4.78, 5) is 3.20. The van der Waals surface area contributed by atoms with Crippen LogP contribution in [0.1, 0.15) is 5.56 Å². The number of nitrogens with two attached hydrogens (primary N) is 1. The Kier molecular flexibility index (Phi) is 6.01. The fourth-order valence-corrected chi connectivity index (χ4v) is 2.13. The van der Waals surface area contributed by atoms with E-state index in [4.69, 9.17) is 20.3 Å². The highest BCUT2D eigenvalue weighted by Gasteiger charge is 2.08. The van der Waals surface area contributed by atoms with E-state index < -0.39 is 6.10 Å². The van der Waals surface area contributed by atoms with Gasteiger partial charge in [0.05, 0.1) is 19.8 Å². The summed E-state index contributed by atoms with van der Waals surface area (Å²) in [5.41, 5.74) is 7.79. The topological polar surface area (TPSA) is 101 Å². The van der Waals surface area contributed by atoms with Crippen LogP contribution in [0, 0.1) is 0 Å². The normalized spacial score (nSPS) is 12.7. The third-order valence-electron chi connectivity index (χ3n) is 3.14. The van der Waals surface area contributed by atoms with Gasteiger partial charge in [0.25, 0.3) is 0 Å². The van der Waals surface area contributed by atoms with Crippen molar-refractivity contribution >= 4 is 10.9 Å². The van der Waals surface area contributed by atoms with E-state index in [0.29, 0.717) is 12.3 Å². The molecular weight excluding hydrogens is 272 g/mol. The fraction of sp³-hybridized carbons (Fsp3) is 0.467. The molecule has 0 spiro atoms. The van der Waals surface area contributed by atoms with Crippen molar-refractivity contribution in [3.63, 3.8) is 0 Å². The molecule has 0 aliphatic heterocycles. The number of aliphatic hydroxyl groups is 2. The van der Waals surface area contributed by atoms with E-state index in [1.807, 2.05) is 24.4 Å². The molecule has 21 heavy (non-hydrogen) atoms. The van der Waals surface area contributed by atoms with Crippen LogP contribution in [0.3, 0.4) is 0 Å². The highest BCUT2D eigenvalue weighted by atomic mass is 16.5. The van der Waals surface area contributed by atoms with E-state index in [1.54, 1.807) is 0 Å². The monoisotopic (exact) mass is 294 g/mol. The Morgan fingerprint density at radius 2 is 2.14 bits per heavy atom. The lowest BCUT2D eigenvalue weighted by atomic mass is 10.1. The maximum absolute atomic E-state index is 9.69. The summed E-state index contributed by atoms with van der Waals surface area (Å²) in [6.45, 7) is 1.05. The number of H-pyrrole nitrogens is 1. The first-order valence-corrected chi connectivity index (χ1v) is 7.04. The van der Waals surface area contributed by atoms with Crippen LogP contribution in [0.2, 0.25) is 0 Å². The Labute approximate surface area is 123 Å². The van der Waals surface area contributed by atoms with Gasteiger partial charge in [-0.25, -0.2) is 0 Å². The lowest BCUT2D eigenvalue weighted by Gasteiger charge is -2.12. The molecule has 1 aromatic carbocycles. The number of benzene rings is 1. The summed E-state index contributed by atoms with van der Waals surface area (Å²) >= 11 is 0. The van der Waals surface area contributed by atoms with Crippen LogP contribution in [0.15, 0.2) is 24.4 Å². The lowest BCUT2D eigenvalue weighted by Crippen LogP contribution is -2.24. The molecule has 2 rings (SSSR count). The van der Waals surface area contributed by atoms with Gasteiger partial charge in [0.15, 0.2) is 0 Å². The van der Waals surface area contributed by atoms with Crippen LogP contribution in [0.5, 0.6) is 5.75 Å². The summed E-state index contributed by atoms with van der Waals surface area (Å²) in [5, 5.41) is 19.4. The van der Waals surface area contributed by atoms with Gasteiger partial charge >= 0.3 is 0 Å². The van der Waals surface area contributed by atoms with Crippen LogP contribution in [-0.2, 0) is 11.2 Å². The van der Waals surface area contributed by atoms with Gasteiger partial charge in [0, 0.05) is 17.1 Å². The number of nitrogens with one attached hydrogen (secondary N) is 1. The first-order valence-electron chi connectivity index (χ1n) is 7.04. The maximum Gasteiger partial charge on any atom is 0.120 e. The van der Waals surface area contributed by atoms with E-state index in [9.17, 15) is 5.11 Å². The summed E-state index contributed by atoms with van der Waals surface area (Å²) in [7, 11) is 0. The van der Waals surface area contributed by atoms with Gasteiger partial charge in [-0.05, 0) is 36.7 Å². The third-order valence-corrected chi connectivity index (χ3v) is 3.14. The number of hydrogen-bond donors (Lipinski definition) is 4. The average Bonchev–Trinajstić information content (AvgIpc) is 2.88. The Morgan fingerprint density at radius 1 is 1.29 bits per heavy atom. The zero-order chi connectivity index (χ0) is 15.1. The van der Waals surface area contributed by atoms with Gasteiger partial charge in [0.2, 0.25) is 0 Å². The number of ether oxygens (including phenoxy) is 2. The van der Waals surface area contributed by atoms with Crippen LogP contribution in [-0.4, -0.2) is 54.3 Å². The third kappa shape index (κ3) is 4.44. The van der Waals surface area contributed by atoms with Crippen molar-refractivity contribution in [3.05, 3.63) is 30.0 Å². The highest BCUT2D eigenvalue weighted by molar-refractivity contribution is 5.84. The molecule has 0 amide bonds. The zero-order valence-electron chi connectivity index (χ0n) is 11.9. The second kappa shape index (κ2) is 7.99. The van der Waals surface area contributed by atoms with Crippen LogP contribution >= 0.6 is 0 Å².